The normalized spacial score (nSPS) is 17.7. The molecule has 2 aliphatic rings. The quantitative estimate of drug-likeness (QED) is 0.358. The summed E-state index contributed by atoms with van der Waals surface area (Å²) in [6.07, 6.45) is 13.5. The van der Waals surface area contributed by atoms with E-state index >= 15 is 0 Å². The van der Waals surface area contributed by atoms with Crippen molar-refractivity contribution in [1.82, 2.24) is 9.38 Å². The van der Waals surface area contributed by atoms with Crippen LogP contribution in [0.25, 0.3) is 16.9 Å². The van der Waals surface area contributed by atoms with Gasteiger partial charge in [0.05, 0.1) is 13.0 Å². The first-order valence-corrected chi connectivity index (χ1v) is 12.4. The Kier molecular flexibility index (Phi) is 6.51. The predicted octanol–water partition coefficient (Wildman–Crippen LogP) is 6.24. The number of hydrogen-bond donors (Lipinski definition) is 1. The molecule has 1 N–H and O–H groups in total. The fourth-order valence-corrected chi connectivity index (χ4v) is 5.20. The molecule has 0 spiro atoms. The highest BCUT2D eigenvalue weighted by Gasteiger charge is 2.25. The van der Waals surface area contributed by atoms with E-state index in [1.54, 1.807) is 7.11 Å². The van der Waals surface area contributed by atoms with Gasteiger partial charge >= 0.3 is 5.97 Å². The molecule has 2 aromatic heterocycles. The Hall–Kier alpha value is -3.02. The molecule has 0 aliphatic heterocycles. The van der Waals surface area contributed by atoms with Crippen LogP contribution in [0.4, 0.5) is 5.82 Å². The van der Waals surface area contributed by atoms with Crippen molar-refractivity contribution in [2.45, 2.75) is 70.3 Å². The van der Waals surface area contributed by atoms with Crippen molar-refractivity contribution in [1.29, 1.82) is 0 Å². The second-order valence-corrected chi connectivity index (χ2v) is 9.34. The molecule has 6 heteroatoms. The average Bonchev–Trinajstić information content (AvgIpc) is 3.23. The van der Waals surface area contributed by atoms with E-state index in [9.17, 15) is 4.79 Å². The lowest BCUT2D eigenvalue weighted by Crippen LogP contribution is -2.23. The summed E-state index contributed by atoms with van der Waals surface area (Å²) in [7, 11) is 1.61. The molecule has 0 bridgehead atoms. The number of ether oxygens (including phenoxy) is 2. The van der Waals surface area contributed by atoms with Gasteiger partial charge in [-0.1, -0.05) is 44.6 Å². The zero-order chi connectivity index (χ0) is 22.6. The number of hydrogen-bond acceptors (Lipinski definition) is 5. The number of nitrogens with zero attached hydrogens (tertiary/aromatic N) is 2. The number of nitrogens with one attached hydrogen (secondary N) is 1. The summed E-state index contributed by atoms with van der Waals surface area (Å²) in [4.78, 5) is 17.6. The van der Waals surface area contributed by atoms with Crippen LogP contribution in [0.3, 0.4) is 0 Å². The SMILES string of the molecule is COc1cc(-c2nc3ccccn3c2NC2CCCCC2)ccc1OC(=O)C1CCCCC1. The monoisotopic (exact) mass is 447 g/mol. The Morgan fingerprint density at radius 1 is 0.970 bits per heavy atom. The maximum absolute atomic E-state index is 12.7. The number of fused-ring (bicyclic) bond motifs is 1. The zero-order valence-electron chi connectivity index (χ0n) is 19.4. The number of rotatable bonds is 6. The van der Waals surface area contributed by atoms with Crippen LogP contribution in [0.5, 0.6) is 11.5 Å². The van der Waals surface area contributed by atoms with E-state index in [0.717, 1.165) is 48.4 Å². The lowest BCUT2D eigenvalue weighted by molar-refractivity contribution is -0.140. The maximum Gasteiger partial charge on any atom is 0.314 e. The molecular formula is C27H33N3O3. The molecule has 2 fully saturated rings. The second-order valence-electron chi connectivity index (χ2n) is 9.34. The van der Waals surface area contributed by atoms with Gasteiger partial charge in [0.1, 0.15) is 17.2 Å². The molecule has 5 rings (SSSR count). The van der Waals surface area contributed by atoms with Crippen LogP contribution < -0.4 is 14.8 Å². The molecule has 6 nitrogen and oxygen atoms in total. The van der Waals surface area contributed by atoms with Crippen LogP contribution in [0.2, 0.25) is 0 Å². The van der Waals surface area contributed by atoms with Crippen LogP contribution in [-0.2, 0) is 4.79 Å². The van der Waals surface area contributed by atoms with Crippen molar-refractivity contribution in [2.75, 3.05) is 12.4 Å². The molecule has 174 valence electrons. The fourth-order valence-electron chi connectivity index (χ4n) is 5.20. The third-order valence-electron chi connectivity index (χ3n) is 7.06. The highest BCUT2D eigenvalue weighted by atomic mass is 16.6. The van der Waals surface area contributed by atoms with Gasteiger partial charge in [0, 0.05) is 17.8 Å². The van der Waals surface area contributed by atoms with Gasteiger partial charge in [-0.15, -0.1) is 0 Å². The second kappa shape index (κ2) is 9.86. The molecule has 2 heterocycles. The summed E-state index contributed by atoms with van der Waals surface area (Å²) in [5.41, 5.74) is 2.72. The number of carbonyl (C=O) groups excluding carboxylic acids is 1. The molecule has 2 saturated carbocycles. The molecule has 2 aliphatic carbocycles. The summed E-state index contributed by atoms with van der Waals surface area (Å²) in [5.74, 6) is 1.88. The molecular weight excluding hydrogens is 414 g/mol. The minimum absolute atomic E-state index is 0.00660. The van der Waals surface area contributed by atoms with E-state index in [1.807, 2.05) is 36.4 Å². The van der Waals surface area contributed by atoms with Gasteiger partial charge in [0.2, 0.25) is 0 Å². The molecule has 0 amide bonds. The van der Waals surface area contributed by atoms with Crippen LogP contribution in [0, 0.1) is 5.92 Å². The Bertz CT molecular complexity index is 1110. The molecule has 0 saturated heterocycles. The summed E-state index contributed by atoms with van der Waals surface area (Å²) < 4.78 is 13.5. The summed E-state index contributed by atoms with van der Waals surface area (Å²) in [6, 6.07) is 12.2. The van der Waals surface area contributed by atoms with Gasteiger partial charge in [-0.25, -0.2) is 4.98 Å². The molecule has 3 aromatic rings. The number of benzene rings is 1. The minimum atomic E-state index is -0.145. The van der Waals surface area contributed by atoms with Gasteiger partial charge in [-0.3, -0.25) is 9.20 Å². The largest absolute Gasteiger partial charge is 0.493 e. The van der Waals surface area contributed by atoms with E-state index in [-0.39, 0.29) is 11.9 Å². The first kappa shape index (κ1) is 21.8. The number of esters is 1. The lowest BCUT2D eigenvalue weighted by atomic mass is 9.89. The third kappa shape index (κ3) is 4.70. The Morgan fingerprint density at radius 3 is 2.48 bits per heavy atom. The topological polar surface area (TPSA) is 64.9 Å². The third-order valence-corrected chi connectivity index (χ3v) is 7.06. The number of imidazole rings is 1. The van der Waals surface area contributed by atoms with E-state index < -0.39 is 0 Å². The first-order chi connectivity index (χ1) is 16.2. The van der Waals surface area contributed by atoms with Crippen LogP contribution >= 0.6 is 0 Å². The van der Waals surface area contributed by atoms with Gasteiger partial charge in [0.25, 0.3) is 0 Å². The van der Waals surface area contributed by atoms with Crippen LogP contribution in [0.15, 0.2) is 42.6 Å². The number of anilines is 1. The maximum atomic E-state index is 12.7. The first-order valence-electron chi connectivity index (χ1n) is 12.4. The Morgan fingerprint density at radius 2 is 1.73 bits per heavy atom. The van der Waals surface area contributed by atoms with E-state index in [4.69, 9.17) is 14.5 Å². The molecule has 1 aromatic carbocycles. The molecule has 0 unspecified atom stereocenters. The van der Waals surface area contributed by atoms with Crippen LogP contribution in [-0.4, -0.2) is 28.5 Å². The van der Waals surface area contributed by atoms with Gasteiger partial charge in [-0.05, 0) is 56.0 Å². The van der Waals surface area contributed by atoms with E-state index in [2.05, 4.69) is 15.9 Å². The Labute approximate surface area is 195 Å². The van der Waals surface area contributed by atoms with Gasteiger partial charge in [-0.2, -0.15) is 0 Å². The standard InChI is InChI=1S/C27H33N3O3/c1-32-23-18-20(15-16-22(23)33-27(31)19-10-4-2-5-11-19)25-26(28-21-12-6-3-7-13-21)30-17-9-8-14-24(30)29-25/h8-9,14-19,21,28H,2-7,10-13H2,1H3. The summed E-state index contributed by atoms with van der Waals surface area (Å²) in [6.45, 7) is 0. The van der Waals surface area contributed by atoms with Crippen molar-refractivity contribution < 1.29 is 14.3 Å². The number of methoxy groups -OCH3 is 1. The number of pyridine rings is 1. The minimum Gasteiger partial charge on any atom is -0.493 e. The molecule has 33 heavy (non-hydrogen) atoms. The number of aromatic nitrogens is 2. The summed E-state index contributed by atoms with van der Waals surface area (Å²) >= 11 is 0. The fraction of sp³-hybridized carbons (Fsp3) is 0.481. The number of carbonyl (C=O) groups is 1. The van der Waals surface area contributed by atoms with Crippen molar-refractivity contribution in [3.8, 4) is 22.8 Å². The molecule has 0 atom stereocenters. The predicted molar refractivity (Wildman–Crippen MR) is 130 cm³/mol. The summed E-state index contributed by atoms with van der Waals surface area (Å²) in [5, 5.41) is 3.77. The lowest BCUT2D eigenvalue weighted by Gasteiger charge is -2.24. The Balaban J connectivity index is 1.45. The van der Waals surface area contributed by atoms with Crippen molar-refractivity contribution >= 4 is 17.4 Å². The zero-order valence-corrected chi connectivity index (χ0v) is 19.4. The van der Waals surface area contributed by atoms with Crippen molar-refractivity contribution in [3.05, 3.63) is 42.6 Å². The average molecular weight is 448 g/mol. The highest BCUT2D eigenvalue weighted by molar-refractivity contribution is 5.80. The van der Waals surface area contributed by atoms with Gasteiger partial charge in [0.15, 0.2) is 11.5 Å². The highest BCUT2D eigenvalue weighted by Crippen LogP contribution is 2.37. The van der Waals surface area contributed by atoms with Gasteiger partial charge < -0.3 is 14.8 Å². The van der Waals surface area contributed by atoms with E-state index in [1.165, 1.54) is 38.5 Å². The smallest absolute Gasteiger partial charge is 0.314 e. The van der Waals surface area contributed by atoms with E-state index in [0.29, 0.717) is 17.5 Å². The molecule has 0 radical (unpaired) electrons. The van der Waals surface area contributed by atoms with Crippen LogP contribution in [0.1, 0.15) is 64.2 Å². The van der Waals surface area contributed by atoms with Crippen molar-refractivity contribution in [3.63, 3.8) is 0 Å². The van der Waals surface area contributed by atoms with Crippen molar-refractivity contribution in [2.24, 2.45) is 5.92 Å².